The molecule has 0 aliphatic carbocycles. The summed E-state index contributed by atoms with van der Waals surface area (Å²) in [5, 5.41) is 11.6. The summed E-state index contributed by atoms with van der Waals surface area (Å²) in [6.45, 7) is 1.82. The van der Waals surface area contributed by atoms with E-state index in [4.69, 9.17) is 5.11 Å². The molecule has 1 aromatic heterocycles. The molecule has 0 saturated carbocycles. The van der Waals surface area contributed by atoms with Crippen molar-refractivity contribution in [1.82, 2.24) is 4.98 Å². The van der Waals surface area contributed by atoms with Crippen molar-refractivity contribution in [2.75, 3.05) is 11.9 Å². The van der Waals surface area contributed by atoms with Crippen molar-refractivity contribution >= 4 is 11.6 Å². The summed E-state index contributed by atoms with van der Waals surface area (Å²) in [6, 6.07) is 10.1. The van der Waals surface area contributed by atoms with Gasteiger partial charge in [-0.1, -0.05) is 12.1 Å². The molecule has 0 bridgehead atoms. The number of carbonyl (C=O) groups is 1. The monoisotopic (exact) mass is 272 g/mol. The van der Waals surface area contributed by atoms with Crippen LogP contribution < -0.4 is 10.9 Å². The van der Waals surface area contributed by atoms with Gasteiger partial charge in [-0.25, -0.2) is 0 Å². The quantitative estimate of drug-likeness (QED) is 0.788. The van der Waals surface area contributed by atoms with Gasteiger partial charge in [0.05, 0.1) is 0 Å². The summed E-state index contributed by atoms with van der Waals surface area (Å²) in [4.78, 5) is 25.9. The van der Waals surface area contributed by atoms with Gasteiger partial charge in [-0.05, 0) is 37.1 Å². The minimum Gasteiger partial charge on any atom is -0.396 e. The standard InChI is InChI=1S/C15H16N2O3/c1-10-8-12(9-14(19)16-10)15(20)17-13-4-2-11(3-5-13)6-7-18/h2-5,8-9,18H,6-7H2,1H3,(H,16,19)(H,17,20). The summed E-state index contributed by atoms with van der Waals surface area (Å²) in [5.74, 6) is -0.325. The zero-order chi connectivity index (χ0) is 14.5. The van der Waals surface area contributed by atoms with Crippen molar-refractivity contribution in [2.45, 2.75) is 13.3 Å². The number of hydrogen-bond acceptors (Lipinski definition) is 3. The molecule has 0 unspecified atom stereocenters. The van der Waals surface area contributed by atoms with Crippen LogP contribution in [0.15, 0.2) is 41.2 Å². The van der Waals surface area contributed by atoms with E-state index in [9.17, 15) is 9.59 Å². The number of anilines is 1. The SMILES string of the molecule is Cc1cc(C(=O)Nc2ccc(CCO)cc2)cc(=O)[nH]1. The number of rotatable bonds is 4. The maximum Gasteiger partial charge on any atom is 0.255 e. The molecule has 0 aliphatic heterocycles. The predicted molar refractivity (Wildman–Crippen MR) is 77.0 cm³/mol. The Morgan fingerprint density at radius 1 is 1.25 bits per heavy atom. The normalized spacial score (nSPS) is 10.3. The number of amides is 1. The van der Waals surface area contributed by atoms with E-state index >= 15 is 0 Å². The second-order valence-electron chi connectivity index (χ2n) is 4.54. The third kappa shape index (κ3) is 3.55. The Balaban J connectivity index is 2.12. The van der Waals surface area contributed by atoms with E-state index in [1.807, 2.05) is 12.1 Å². The highest BCUT2D eigenvalue weighted by molar-refractivity contribution is 6.04. The molecular weight excluding hydrogens is 256 g/mol. The lowest BCUT2D eigenvalue weighted by Crippen LogP contribution is -2.16. The van der Waals surface area contributed by atoms with Crippen LogP contribution in [0.25, 0.3) is 0 Å². The largest absolute Gasteiger partial charge is 0.396 e. The molecule has 0 radical (unpaired) electrons. The van der Waals surface area contributed by atoms with Crippen LogP contribution in [0.1, 0.15) is 21.6 Å². The number of aliphatic hydroxyl groups excluding tert-OH is 1. The molecule has 5 nitrogen and oxygen atoms in total. The fourth-order valence-electron chi connectivity index (χ4n) is 1.90. The first-order chi connectivity index (χ1) is 9.58. The summed E-state index contributed by atoms with van der Waals surface area (Å²) in [5.41, 5.74) is 2.31. The summed E-state index contributed by atoms with van der Waals surface area (Å²) < 4.78 is 0. The summed E-state index contributed by atoms with van der Waals surface area (Å²) in [7, 11) is 0. The van der Waals surface area contributed by atoms with Crippen LogP contribution in [-0.2, 0) is 6.42 Å². The number of carbonyl (C=O) groups excluding carboxylic acids is 1. The molecule has 20 heavy (non-hydrogen) atoms. The summed E-state index contributed by atoms with van der Waals surface area (Å²) in [6.07, 6.45) is 0.585. The number of aliphatic hydroxyl groups is 1. The zero-order valence-electron chi connectivity index (χ0n) is 11.1. The van der Waals surface area contributed by atoms with E-state index in [1.54, 1.807) is 25.1 Å². The van der Waals surface area contributed by atoms with Crippen molar-refractivity contribution in [3.8, 4) is 0 Å². The van der Waals surface area contributed by atoms with E-state index in [2.05, 4.69) is 10.3 Å². The third-order valence-corrected chi connectivity index (χ3v) is 2.85. The lowest BCUT2D eigenvalue weighted by molar-refractivity contribution is 0.102. The molecule has 2 rings (SSSR count). The van der Waals surface area contributed by atoms with Gasteiger partial charge in [0.15, 0.2) is 0 Å². The Morgan fingerprint density at radius 3 is 2.55 bits per heavy atom. The second kappa shape index (κ2) is 6.16. The number of H-pyrrole nitrogens is 1. The van der Waals surface area contributed by atoms with Crippen molar-refractivity contribution < 1.29 is 9.90 Å². The van der Waals surface area contributed by atoms with Gasteiger partial charge >= 0.3 is 0 Å². The minimum atomic E-state index is -0.325. The Morgan fingerprint density at radius 2 is 1.95 bits per heavy atom. The molecule has 0 atom stereocenters. The number of nitrogens with one attached hydrogen (secondary N) is 2. The fourth-order valence-corrected chi connectivity index (χ4v) is 1.90. The highest BCUT2D eigenvalue weighted by Gasteiger charge is 2.07. The molecule has 0 spiro atoms. The highest BCUT2D eigenvalue weighted by atomic mass is 16.3. The van der Waals surface area contributed by atoms with Gasteiger partial charge in [0.1, 0.15) is 0 Å². The van der Waals surface area contributed by atoms with Crippen molar-refractivity contribution in [3.63, 3.8) is 0 Å². The first-order valence-corrected chi connectivity index (χ1v) is 6.30. The average Bonchev–Trinajstić information content (AvgIpc) is 2.40. The number of benzene rings is 1. The zero-order valence-corrected chi connectivity index (χ0v) is 11.1. The maximum atomic E-state index is 12.0. The average molecular weight is 272 g/mol. The molecule has 1 aromatic carbocycles. The van der Waals surface area contributed by atoms with Gasteiger partial charge in [0, 0.05) is 29.6 Å². The number of aryl methyl sites for hydroxylation is 1. The van der Waals surface area contributed by atoms with Gasteiger partial charge in [-0.15, -0.1) is 0 Å². The molecule has 104 valence electrons. The number of hydrogen-bond donors (Lipinski definition) is 3. The number of pyridine rings is 1. The molecule has 0 saturated heterocycles. The number of aromatic nitrogens is 1. The molecule has 5 heteroatoms. The summed E-state index contributed by atoms with van der Waals surface area (Å²) >= 11 is 0. The molecule has 1 heterocycles. The Bertz CT molecular complexity index is 660. The van der Waals surface area contributed by atoms with Crippen LogP contribution in [0.2, 0.25) is 0 Å². The van der Waals surface area contributed by atoms with Crippen LogP contribution in [0.5, 0.6) is 0 Å². The first kappa shape index (κ1) is 14.0. The van der Waals surface area contributed by atoms with Gasteiger partial charge in [-0.2, -0.15) is 0 Å². The van der Waals surface area contributed by atoms with Crippen LogP contribution in [0, 0.1) is 6.92 Å². The Hall–Kier alpha value is -2.40. The van der Waals surface area contributed by atoms with E-state index in [1.165, 1.54) is 6.07 Å². The van der Waals surface area contributed by atoms with Gasteiger partial charge in [0.2, 0.25) is 5.56 Å². The van der Waals surface area contributed by atoms with Crippen LogP contribution in [0.3, 0.4) is 0 Å². The molecule has 0 fully saturated rings. The van der Waals surface area contributed by atoms with E-state index in [0.717, 1.165) is 5.56 Å². The lowest BCUT2D eigenvalue weighted by atomic mass is 10.1. The number of aromatic amines is 1. The predicted octanol–water partition coefficient (Wildman–Crippen LogP) is 1.47. The highest BCUT2D eigenvalue weighted by Crippen LogP contribution is 2.11. The van der Waals surface area contributed by atoms with E-state index < -0.39 is 0 Å². The van der Waals surface area contributed by atoms with Crippen molar-refractivity contribution in [2.24, 2.45) is 0 Å². The van der Waals surface area contributed by atoms with E-state index in [-0.39, 0.29) is 18.1 Å². The topological polar surface area (TPSA) is 82.2 Å². The molecule has 3 N–H and O–H groups in total. The van der Waals surface area contributed by atoms with Crippen LogP contribution in [-0.4, -0.2) is 22.6 Å². The minimum absolute atomic E-state index is 0.0950. The molecule has 0 aliphatic rings. The molecular formula is C15H16N2O3. The molecule has 1 amide bonds. The fraction of sp³-hybridized carbons (Fsp3) is 0.200. The smallest absolute Gasteiger partial charge is 0.255 e. The molecule has 2 aromatic rings. The van der Waals surface area contributed by atoms with Crippen molar-refractivity contribution in [3.05, 3.63) is 63.6 Å². The maximum absolute atomic E-state index is 12.0. The van der Waals surface area contributed by atoms with Crippen molar-refractivity contribution in [1.29, 1.82) is 0 Å². The first-order valence-electron chi connectivity index (χ1n) is 6.30. The van der Waals surface area contributed by atoms with E-state index in [0.29, 0.717) is 23.4 Å². The van der Waals surface area contributed by atoms with Gasteiger partial charge < -0.3 is 15.4 Å². The lowest BCUT2D eigenvalue weighted by Gasteiger charge is -2.06. The van der Waals surface area contributed by atoms with Gasteiger partial charge in [-0.3, -0.25) is 9.59 Å². The Kier molecular flexibility index (Phi) is 4.32. The Labute approximate surface area is 116 Å². The van der Waals surface area contributed by atoms with Crippen LogP contribution >= 0.6 is 0 Å². The second-order valence-corrected chi connectivity index (χ2v) is 4.54. The van der Waals surface area contributed by atoms with Crippen LogP contribution in [0.4, 0.5) is 5.69 Å². The van der Waals surface area contributed by atoms with Gasteiger partial charge in [0.25, 0.3) is 5.91 Å². The third-order valence-electron chi connectivity index (χ3n) is 2.85.